The minimum atomic E-state index is -3.01. The number of urea groups is 1. The number of carbonyl (C=O) groups is 2. The topological polar surface area (TPSA) is 125 Å². The van der Waals surface area contributed by atoms with Crippen molar-refractivity contribution in [3.8, 4) is 0 Å². The van der Waals surface area contributed by atoms with Gasteiger partial charge in [0, 0.05) is 31.1 Å². The van der Waals surface area contributed by atoms with Crippen molar-refractivity contribution in [2.45, 2.75) is 12.8 Å². The lowest BCUT2D eigenvalue weighted by Crippen LogP contribution is -2.37. The summed E-state index contributed by atoms with van der Waals surface area (Å²) in [6.45, 7) is 0.601. The van der Waals surface area contributed by atoms with Crippen molar-refractivity contribution in [2.24, 2.45) is 0 Å². The molecule has 0 aliphatic carbocycles. The lowest BCUT2D eigenvalue weighted by atomic mass is 10.4. The van der Waals surface area contributed by atoms with E-state index in [1.165, 1.54) is 16.7 Å². The summed E-state index contributed by atoms with van der Waals surface area (Å²) in [4.78, 5) is 25.9. The maximum atomic E-state index is 11.4. The number of thiazole rings is 1. The monoisotopic (exact) mass is 335 g/mol. The second-order valence-electron chi connectivity index (χ2n) is 4.35. The largest absolute Gasteiger partial charge is 0.476 e. The lowest BCUT2D eigenvalue weighted by Gasteiger charge is -2.06. The highest BCUT2D eigenvalue weighted by Gasteiger charge is 2.08. The fourth-order valence-electron chi connectivity index (χ4n) is 1.41. The average Bonchev–Trinajstić information content (AvgIpc) is 2.82. The number of carboxylic acid groups (broad SMARTS) is 1. The summed E-state index contributed by atoms with van der Waals surface area (Å²) in [5.41, 5.74) is 0.000210. The van der Waals surface area contributed by atoms with E-state index in [1.54, 1.807) is 0 Å². The van der Waals surface area contributed by atoms with Crippen molar-refractivity contribution >= 4 is 33.2 Å². The molecule has 0 saturated carbocycles. The number of amides is 2. The summed E-state index contributed by atoms with van der Waals surface area (Å²) in [5, 5.41) is 15.9. The van der Waals surface area contributed by atoms with Crippen LogP contribution in [-0.2, 0) is 16.3 Å². The third-order valence-corrected chi connectivity index (χ3v) is 4.31. The number of nitrogens with one attached hydrogen (secondary N) is 2. The number of sulfone groups is 1. The number of aromatic nitrogens is 1. The van der Waals surface area contributed by atoms with Gasteiger partial charge in [0.15, 0.2) is 5.69 Å². The van der Waals surface area contributed by atoms with Gasteiger partial charge in [0.25, 0.3) is 0 Å². The van der Waals surface area contributed by atoms with Crippen LogP contribution in [0, 0.1) is 0 Å². The standard InChI is InChI=1S/C11H17N3O5S2/c1-21(18,19)6-2-4-12-11(17)13-5-3-9-14-8(7-20-9)10(15)16/h7H,2-6H2,1H3,(H,15,16)(H2,12,13,17). The van der Waals surface area contributed by atoms with Crippen LogP contribution < -0.4 is 10.6 Å². The first-order chi connectivity index (χ1) is 9.78. The fourth-order valence-corrected chi connectivity index (χ4v) is 2.85. The van der Waals surface area contributed by atoms with Gasteiger partial charge in [-0.15, -0.1) is 11.3 Å². The van der Waals surface area contributed by atoms with Gasteiger partial charge < -0.3 is 15.7 Å². The van der Waals surface area contributed by atoms with Crippen LogP contribution in [0.4, 0.5) is 4.79 Å². The minimum absolute atomic E-state index is 0.000210. The van der Waals surface area contributed by atoms with Crippen molar-refractivity contribution in [3.05, 3.63) is 16.1 Å². The van der Waals surface area contributed by atoms with Gasteiger partial charge >= 0.3 is 12.0 Å². The molecule has 118 valence electrons. The molecule has 0 saturated heterocycles. The van der Waals surface area contributed by atoms with Crippen LogP contribution in [-0.4, -0.2) is 55.6 Å². The van der Waals surface area contributed by atoms with Gasteiger partial charge in [-0.05, 0) is 6.42 Å². The third-order valence-electron chi connectivity index (χ3n) is 2.37. The number of hydrogen-bond acceptors (Lipinski definition) is 6. The van der Waals surface area contributed by atoms with Gasteiger partial charge in [0.2, 0.25) is 0 Å². The summed E-state index contributed by atoms with van der Waals surface area (Å²) in [6.07, 6.45) is 1.95. The second kappa shape index (κ2) is 7.93. The summed E-state index contributed by atoms with van der Waals surface area (Å²) in [6, 6.07) is -0.390. The van der Waals surface area contributed by atoms with E-state index in [0.29, 0.717) is 24.4 Å². The van der Waals surface area contributed by atoms with Crippen LogP contribution in [0.1, 0.15) is 21.9 Å². The maximum Gasteiger partial charge on any atom is 0.355 e. The quantitative estimate of drug-likeness (QED) is 0.579. The van der Waals surface area contributed by atoms with E-state index in [4.69, 9.17) is 5.11 Å². The number of nitrogens with zero attached hydrogens (tertiary/aromatic N) is 1. The van der Waals surface area contributed by atoms with E-state index in [2.05, 4.69) is 15.6 Å². The van der Waals surface area contributed by atoms with Crippen LogP contribution in [0.15, 0.2) is 5.38 Å². The summed E-state index contributed by atoms with van der Waals surface area (Å²) < 4.78 is 21.8. The molecule has 1 aromatic heterocycles. The van der Waals surface area contributed by atoms with Crippen LogP contribution in [0.3, 0.4) is 0 Å². The number of hydrogen-bond donors (Lipinski definition) is 3. The summed E-state index contributed by atoms with van der Waals surface area (Å²) >= 11 is 1.22. The second-order valence-corrected chi connectivity index (χ2v) is 7.55. The molecule has 0 aliphatic rings. The summed E-state index contributed by atoms with van der Waals surface area (Å²) in [7, 11) is -3.01. The molecule has 10 heteroatoms. The highest BCUT2D eigenvalue weighted by Crippen LogP contribution is 2.09. The Morgan fingerprint density at radius 3 is 2.57 bits per heavy atom. The molecule has 0 fully saturated rings. The number of rotatable bonds is 8. The van der Waals surface area contributed by atoms with Gasteiger partial charge in [-0.3, -0.25) is 0 Å². The van der Waals surface area contributed by atoms with Gasteiger partial charge in [-0.2, -0.15) is 0 Å². The molecule has 0 aromatic carbocycles. The first-order valence-electron chi connectivity index (χ1n) is 6.15. The highest BCUT2D eigenvalue weighted by atomic mass is 32.2. The molecule has 1 heterocycles. The van der Waals surface area contributed by atoms with Crippen molar-refractivity contribution in [1.82, 2.24) is 15.6 Å². The highest BCUT2D eigenvalue weighted by molar-refractivity contribution is 7.90. The Morgan fingerprint density at radius 1 is 1.33 bits per heavy atom. The van der Waals surface area contributed by atoms with Crippen LogP contribution >= 0.6 is 11.3 Å². The molecular weight excluding hydrogens is 318 g/mol. The summed E-state index contributed by atoms with van der Waals surface area (Å²) in [5.74, 6) is -1.04. The lowest BCUT2D eigenvalue weighted by molar-refractivity contribution is 0.0691. The van der Waals surface area contributed by atoms with Gasteiger partial charge in [-0.25, -0.2) is 23.0 Å². The van der Waals surface area contributed by atoms with E-state index in [9.17, 15) is 18.0 Å². The minimum Gasteiger partial charge on any atom is -0.476 e. The fraction of sp³-hybridized carbons (Fsp3) is 0.545. The smallest absolute Gasteiger partial charge is 0.355 e. The number of carboxylic acids is 1. The predicted molar refractivity (Wildman–Crippen MR) is 78.5 cm³/mol. The Kier molecular flexibility index (Phi) is 6.56. The normalized spacial score (nSPS) is 11.1. The van der Waals surface area contributed by atoms with Crippen molar-refractivity contribution in [1.29, 1.82) is 0 Å². The van der Waals surface area contributed by atoms with Gasteiger partial charge in [-0.1, -0.05) is 0 Å². The Hall–Kier alpha value is -1.68. The van der Waals surface area contributed by atoms with Gasteiger partial charge in [0.05, 0.1) is 10.8 Å². The molecule has 0 bridgehead atoms. The molecule has 0 aliphatic heterocycles. The van der Waals surface area contributed by atoms with Gasteiger partial charge in [0.1, 0.15) is 9.84 Å². The molecule has 1 rings (SSSR count). The van der Waals surface area contributed by atoms with Crippen LogP contribution in [0.5, 0.6) is 0 Å². The molecule has 1 aromatic rings. The molecule has 3 N–H and O–H groups in total. The molecule has 0 spiro atoms. The van der Waals surface area contributed by atoms with Crippen molar-refractivity contribution < 1.29 is 23.1 Å². The molecular formula is C11H17N3O5S2. The van der Waals surface area contributed by atoms with E-state index >= 15 is 0 Å². The molecule has 0 radical (unpaired) electrons. The zero-order valence-electron chi connectivity index (χ0n) is 11.5. The average molecular weight is 335 g/mol. The Balaban J connectivity index is 2.17. The first-order valence-corrected chi connectivity index (χ1v) is 9.09. The maximum absolute atomic E-state index is 11.4. The van der Waals surface area contributed by atoms with E-state index in [0.717, 1.165) is 6.26 Å². The zero-order valence-corrected chi connectivity index (χ0v) is 13.1. The first kappa shape index (κ1) is 17.4. The molecule has 2 amide bonds. The molecule has 21 heavy (non-hydrogen) atoms. The van der Waals surface area contributed by atoms with E-state index in [1.807, 2.05) is 0 Å². The Bertz CT molecular complexity index is 597. The Morgan fingerprint density at radius 2 is 2.00 bits per heavy atom. The molecule has 8 nitrogen and oxygen atoms in total. The SMILES string of the molecule is CS(=O)(=O)CCCNC(=O)NCCc1nc(C(=O)O)cs1. The van der Waals surface area contributed by atoms with E-state index in [-0.39, 0.29) is 18.0 Å². The molecule has 0 unspecified atom stereocenters. The number of carbonyl (C=O) groups excluding carboxylic acids is 1. The van der Waals surface area contributed by atoms with Crippen molar-refractivity contribution in [3.63, 3.8) is 0 Å². The Labute approximate surface area is 126 Å². The molecule has 0 atom stereocenters. The van der Waals surface area contributed by atoms with Crippen LogP contribution in [0.2, 0.25) is 0 Å². The number of aromatic carboxylic acids is 1. The van der Waals surface area contributed by atoms with Crippen LogP contribution in [0.25, 0.3) is 0 Å². The third kappa shape index (κ3) is 7.61. The predicted octanol–water partition coefficient (Wildman–Crippen LogP) is 0.118. The zero-order chi connectivity index (χ0) is 15.9. The van der Waals surface area contributed by atoms with E-state index < -0.39 is 21.8 Å². The van der Waals surface area contributed by atoms with Crippen molar-refractivity contribution in [2.75, 3.05) is 25.1 Å².